The first kappa shape index (κ1) is 38.5. The van der Waals surface area contributed by atoms with Crippen molar-refractivity contribution in [2.75, 3.05) is 19.6 Å². The molecular weight excluding hydrogens is 628 g/mol. The number of carboxylic acids is 2. The summed E-state index contributed by atoms with van der Waals surface area (Å²) < 4.78 is 13.8. The maximum Gasteiger partial charge on any atom is 0.415 e. The zero-order valence-corrected chi connectivity index (χ0v) is 24.4. The number of aliphatic carboxylic acids is 2. The molecule has 0 bridgehead atoms. The van der Waals surface area contributed by atoms with Gasteiger partial charge in [0.15, 0.2) is 0 Å². The number of hydrogen-bond donors (Lipinski definition) is 6. The van der Waals surface area contributed by atoms with E-state index in [1.165, 1.54) is 0 Å². The van der Waals surface area contributed by atoms with Crippen molar-refractivity contribution < 1.29 is 53.2 Å². The van der Waals surface area contributed by atoms with Gasteiger partial charge in [-0.05, 0) is 22.2 Å². The third-order valence-electron chi connectivity index (χ3n) is 5.27. The number of amides is 3. The van der Waals surface area contributed by atoms with Gasteiger partial charge in [-0.15, -0.1) is 0 Å². The average Bonchev–Trinajstić information content (AvgIpc) is 3.39. The predicted octanol–water partition coefficient (Wildman–Crippen LogP) is 1.93. The van der Waals surface area contributed by atoms with Gasteiger partial charge in [-0.2, -0.15) is 0 Å². The van der Waals surface area contributed by atoms with Gasteiger partial charge < -0.3 is 46.1 Å². The fourth-order valence-corrected chi connectivity index (χ4v) is 2.97. The lowest BCUT2D eigenvalue weighted by atomic mass is 10.2. The number of nitrogens with two attached hydrogens (primary N) is 1. The molecule has 1 aliphatic heterocycles. The van der Waals surface area contributed by atoms with Gasteiger partial charge in [-0.3, -0.25) is 0 Å². The van der Waals surface area contributed by atoms with E-state index in [0.717, 1.165) is 11.1 Å². The van der Waals surface area contributed by atoms with E-state index in [4.69, 9.17) is 36.5 Å². The fourth-order valence-electron chi connectivity index (χ4n) is 2.97. The second-order valence-corrected chi connectivity index (χ2v) is 8.66. The second-order valence-electron chi connectivity index (χ2n) is 8.66. The predicted molar refractivity (Wildman–Crippen MR) is 158 cm³/mol. The minimum atomic E-state index is -1.31. The number of esters is 1. The molecule has 3 amide bonds. The lowest BCUT2D eigenvalue weighted by molar-refractivity contribution is -0.140. The van der Waals surface area contributed by atoms with Gasteiger partial charge in [0, 0.05) is 16.4 Å². The molecule has 250 valence electrons. The van der Waals surface area contributed by atoms with E-state index in [1.54, 1.807) is 36.4 Å². The van der Waals surface area contributed by atoms with Crippen molar-refractivity contribution in [3.63, 3.8) is 0 Å². The van der Waals surface area contributed by atoms with Crippen LogP contribution >= 0.6 is 0 Å². The van der Waals surface area contributed by atoms with Crippen LogP contribution in [0.4, 0.5) is 14.4 Å². The number of carboxylic acid groups (broad SMARTS) is 2. The molecule has 3 atom stereocenters. The van der Waals surface area contributed by atoms with Gasteiger partial charge in [-0.1, -0.05) is 70.9 Å². The van der Waals surface area contributed by atoms with Gasteiger partial charge in [0.1, 0.15) is 31.3 Å². The average molecular weight is 659 g/mol. The summed E-state index contributed by atoms with van der Waals surface area (Å²) in [6.45, 7) is -0.562. The molecule has 2 aromatic carbocycles. The highest BCUT2D eigenvalue weighted by Gasteiger charge is 2.31. The van der Waals surface area contributed by atoms with E-state index in [2.05, 4.69) is 40.7 Å². The van der Waals surface area contributed by atoms with Crippen molar-refractivity contribution in [2.24, 2.45) is 16.0 Å². The van der Waals surface area contributed by atoms with Gasteiger partial charge in [0.2, 0.25) is 0 Å². The minimum Gasteiger partial charge on any atom is -0.480 e. The van der Waals surface area contributed by atoms with E-state index >= 15 is 0 Å². The molecule has 1 heterocycles. The molecule has 47 heavy (non-hydrogen) atoms. The van der Waals surface area contributed by atoms with Crippen molar-refractivity contribution in [3.8, 4) is 0 Å². The third kappa shape index (κ3) is 16.8. The molecule has 0 saturated carbocycles. The Bertz CT molecular complexity index is 1450. The first-order chi connectivity index (χ1) is 22.5. The molecule has 1 fully saturated rings. The Morgan fingerprint density at radius 2 is 1.32 bits per heavy atom. The van der Waals surface area contributed by atoms with Gasteiger partial charge in [0.25, 0.3) is 0 Å². The first-order valence-corrected chi connectivity index (χ1v) is 13.1. The Hall–Kier alpha value is -6.56. The van der Waals surface area contributed by atoms with E-state index < -0.39 is 54.3 Å². The number of carbonyl (C=O) groups is 6. The number of hydrogen-bond acceptors (Lipinski definition) is 12. The molecule has 3 rings (SSSR count). The van der Waals surface area contributed by atoms with Gasteiger partial charge in [-0.25, -0.2) is 28.8 Å². The third-order valence-corrected chi connectivity index (χ3v) is 5.27. The highest BCUT2D eigenvalue weighted by molar-refractivity contribution is 5.95. The number of benzene rings is 2. The van der Waals surface area contributed by atoms with Crippen molar-refractivity contribution in [3.05, 3.63) is 92.7 Å². The molecule has 0 aliphatic carbocycles. The van der Waals surface area contributed by atoms with E-state index in [-0.39, 0.29) is 32.8 Å². The zero-order chi connectivity index (χ0) is 35.0. The van der Waals surface area contributed by atoms with Crippen molar-refractivity contribution in [1.29, 1.82) is 0 Å². The molecule has 2 aromatic rings. The second kappa shape index (κ2) is 22.0. The lowest BCUT2D eigenvalue weighted by Gasteiger charge is -2.12. The Balaban J connectivity index is 0.000000364. The quantitative estimate of drug-likeness (QED) is 0.0449. The Kier molecular flexibility index (Phi) is 18.0. The fraction of sp³-hybridized carbons (Fsp3) is 0.308. The van der Waals surface area contributed by atoms with Crippen molar-refractivity contribution in [1.82, 2.24) is 16.0 Å². The summed E-state index contributed by atoms with van der Waals surface area (Å²) in [5, 5.41) is 30.0. The smallest absolute Gasteiger partial charge is 0.415 e. The Morgan fingerprint density at radius 3 is 1.70 bits per heavy atom. The standard InChI is InChI=1S/C11H12N4O4.C11H14N2O4.C4H4N4O3/c12-15-13-6-9(10(16)17)14-11(18)19-7-8-4-2-1-3-5-8;12-6-9(10(14)15)13-11(16)17-7-8-4-2-1-3-5-8;5-8-6-1-2-3(9)11-4(10)7-2/h1-5,9H,6-7H2,(H,14,18)(H,16,17);1-5,9H,6-7,12H2,(H,13,16)(H,14,15);2H,1H2,(H,7,10)/t;9-;/m.0./s1. The number of nitrogens with one attached hydrogen (secondary N) is 3. The summed E-state index contributed by atoms with van der Waals surface area (Å²) in [6.07, 6.45) is -2.48. The molecular formula is C26H30N10O11. The highest BCUT2D eigenvalue weighted by Crippen LogP contribution is 2.02. The molecule has 7 N–H and O–H groups in total. The van der Waals surface area contributed by atoms with Crippen LogP contribution in [-0.2, 0) is 41.8 Å². The molecule has 21 heteroatoms. The van der Waals surface area contributed by atoms with Crippen LogP contribution in [0.15, 0.2) is 70.9 Å². The van der Waals surface area contributed by atoms with Crippen LogP contribution in [0.1, 0.15) is 11.1 Å². The number of nitrogens with zero attached hydrogens (tertiary/aromatic N) is 6. The monoisotopic (exact) mass is 658 g/mol. The maximum absolute atomic E-state index is 11.4. The number of azide groups is 2. The first-order valence-electron chi connectivity index (χ1n) is 13.1. The van der Waals surface area contributed by atoms with Crippen LogP contribution in [0, 0.1) is 0 Å². The highest BCUT2D eigenvalue weighted by atomic mass is 16.6. The summed E-state index contributed by atoms with van der Waals surface area (Å²) in [7, 11) is 0. The number of ether oxygens (including phenoxy) is 3. The minimum absolute atomic E-state index is 0.0283. The van der Waals surface area contributed by atoms with Crippen LogP contribution in [0.2, 0.25) is 0 Å². The molecule has 1 saturated heterocycles. The van der Waals surface area contributed by atoms with Crippen LogP contribution in [0.5, 0.6) is 0 Å². The largest absolute Gasteiger partial charge is 0.480 e. The molecule has 0 spiro atoms. The molecule has 2 unspecified atom stereocenters. The van der Waals surface area contributed by atoms with E-state index in [0.29, 0.717) is 0 Å². The number of alkyl carbamates (subject to hydrolysis) is 3. The maximum atomic E-state index is 11.4. The number of rotatable bonds is 13. The molecule has 1 aliphatic rings. The normalized spacial score (nSPS) is 13.8. The van der Waals surface area contributed by atoms with Crippen LogP contribution in [0.25, 0.3) is 20.9 Å². The topological polar surface area (TPSA) is 330 Å². The number of carbonyl (C=O) groups excluding carboxylic acids is 4. The summed E-state index contributed by atoms with van der Waals surface area (Å²) in [6, 6.07) is 14.8. The van der Waals surface area contributed by atoms with Gasteiger partial charge in [0.05, 0.1) is 13.1 Å². The van der Waals surface area contributed by atoms with Crippen molar-refractivity contribution in [2.45, 2.75) is 31.3 Å². The van der Waals surface area contributed by atoms with Crippen molar-refractivity contribution >= 4 is 36.2 Å². The summed E-state index contributed by atoms with van der Waals surface area (Å²) in [5.74, 6) is -3.20. The molecule has 0 radical (unpaired) electrons. The zero-order valence-electron chi connectivity index (χ0n) is 24.4. The summed E-state index contributed by atoms with van der Waals surface area (Å²) >= 11 is 0. The molecule has 21 nitrogen and oxygen atoms in total. The van der Waals surface area contributed by atoms with Gasteiger partial charge >= 0.3 is 36.2 Å². The van der Waals surface area contributed by atoms with Crippen LogP contribution in [-0.4, -0.2) is 84.2 Å². The Morgan fingerprint density at radius 1 is 0.851 bits per heavy atom. The Labute approximate surface area is 265 Å². The summed E-state index contributed by atoms with van der Waals surface area (Å²) in [4.78, 5) is 69.7. The molecule has 0 aromatic heterocycles. The van der Waals surface area contributed by atoms with Crippen LogP contribution < -0.4 is 21.7 Å². The number of cyclic esters (lactones) is 2. The SMILES string of the molecule is NC[C@H](NC(=O)OCc1ccccc1)C(=O)O.[N-]=[N+]=NCC(NC(=O)OCc1ccccc1)C(=O)O.[N-]=[N+]=NCC1NC(=O)OC1=O. The van der Waals surface area contributed by atoms with Crippen LogP contribution in [0.3, 0.4) is 0 Å². The summed E-state index contributed by atoms with van der Waals surface area (Å²) in [5.41, 5.74) is 22.8. The van der Waals surface area contributed by atoms with E-state index in [1.807, 2.05) is 24.3 Å². The lowest BCUT2D eigenvalue weighted by Crippen LogP contribution is -2.45. The van der Waals surface area contributed by atoms with E-state index in [9.17, 15) is 28.8 Å².